The van der Waals surface area contributed by atoms with Crippen molar-refractivity contribution in [3.05, 3.63) is 65.7 Å². The fourth-order valence-corrected chi connectivity index (χ4v) is 4.87. The first kappa shape index (κ1) is 17.4. The summed E-state index contributed by atoms with van der Waals surface area (Å²) in [5.74, 6) is 1.12. The predicted octanol–water partition coefficient (Wildman–Crippen LogP) is 4.02. The molecule has 1 saturated carbocycles. The highest BCUT2D eigenvalue weighted by Crippen LogP contribution is 2.38. The number of likely N-dealkylation sites (tertiary alicyclic amines) is 1. The van der Waals surface area contributed by atoms with E-state index < -0.39 is 0 Å². The van der Waals surface area contributed by atoms with E-state index in [0.29, 0.717) is 11.8 Å². The minimum absolute atomic E-state index is 0.105. The Morgan fingerprint density at radius 1 is 1.07 bits per heavy atom. The number of nitrogens with two attached hydrogens (primary N) is 1. The van der Waals surface area contributed by atoms with Crippen LogP contribution in [-0.4, -0.2) is 34.9 Å². The van der Waals surface area contributed by atoms with Crippen LogP contribution in [0.3, 0.4) is 0 Å². The second kappa shape index (κ2) is 6.71. The van der Waals surface area contributed by atoms with E-state index in [4.69, 9.17) is 10.7 Å². The Hall–Kier alpha value is -2.72. The van der Waals surface area contributed by atoms with Crippen LogP contribution in [0.15, 0.2) is 54.6 Å². The van der Waals surface area contributed by atoms with Crippen molar-refractivity contribution >= 4 is 16.8 Å². The topological polar surface area (TPSA) is 59.2 Å². The van der Waals surface area contributed by atoms with E-state index in [1.807, 2.05) is 35.2 Å². The van der Waals surface area contributed by atoms with E-state index in [-0.39, 0.29) is 11.9 Å². The zero-order valence-electron chi connectivity index (χ0n) is 16.1. The Labute approximate surface area is 165 Å². The molecule has 1 saturated heterocycles. The lowest BCUT2D eigenvalue weighted by Crippen LogP contribution is -2.33. The van der Waals surface area contributed by atoms with Gasteiger partial charge in [-0.15, -0.1) is 0 Å². The summed E-state index contributed by atoms with van der Waals surface area (Å²) in [7, 11) is 0. The maximum atomic E-state index is 13.5. The number of pyridine rings is 1. The molecular formula is C24H25N3O. The molecule has 4 nitrogen and oxygen atoms in total. The molecule has 0 radical (unpaired) electrons. The number of carbonyl (C=O) groups is 1. The molecule has 3 aromatic rings. The molecule has 2 aliphatic rings. The first-order chi connectivity index (χ1) is 13.6. The van der Waals surface area contributed by atoms with Crippen LogP contribution in [0, 0.1) is 18.8 Å². The third-order valence-electron chi connectivity index (χ3n) is 6.49. The van der Waals surface area contributed by atoms with Gasteiger partial charge in [0.25, 0.3) is 5.91 Å². The number of fused-ring (bicyclic) bond motifs is 2. The second-order valence-electron chi connectivity index (χ2n) is 8.31. The lowest BCUT2D eigenvalue weighted by Gasteiger charge is -2.20. The Morgan fingerprint density at radius 3 is 2.64 bits per heavy atom. The van der Waals surface area contributed by atoms with E-state index in [9.17, 15) is 4.79 Å². The average molecular weight is 371 g/mol. The molecule has 1 aliphatic heterocycles. The molecule has 4 heteroatoms. The maximum Gasteiger partial charge on any atom is 0.254 e. The predicted molar refractivity (Wildman–Crippen MR) is 112 cm³/mol. The number of carbonyl (C=O) groups excluding carboxylic acids is 1. The number of benzene rings is 2. The van der Waals surface area contributed by atoms with Crippen LogP contribution in [0.5, 0.6) is 0 Å². The lowest BCUT2D eigenvalue weighted by atomic mass is 9.98. The molecule has 3 atom stereocenters. The van der Waals surface area contributed by atoms with Crippen LogP contribution in [0.1, 0.15) is 28.8 Å². The molecule has 142 valence electrons. The molecule has 0 spiro atoms. The van der Waals surface area contributed by atoms with Gasteiger partial charge in [0.2, 0.25) is 0 Å². The molecule has 1 aliphatic carbocycles. The van der Waals surface area contributed by atoms with Gasteiger partial charge in [-0.25, -0.2) is 4.98 Å². The molecule has 2 aromatic carbocycles. The normalized spacial score (nSPS) is 23.9. The Kier molecular flexibility index (Phi) is 4.17. The quantitative estimate of drug-likeness (QED) is 0.740. The molecular weight excluding hydrogens is 346 g/mol. The number of para-hydroxylation sites is 1. The fourth-order valence-electron chi connectivity index (χ4n) is 4.87. The van der Waals surface area contributed by atoms with E-state index in [1.54, 1.807) is 0 Å². The third-order valence-corrected chi connectivity index (χ3v) is 6.49. The van der Waals surface area contributed by atoms with Crippen molar-refractivity contribution in [2.24, 2.45) is 17.6 Å². The average Bonchev–Trinajstić information content (AvgIpc) is 3.29. The van der Waals surface area contributed by atoms with Gasteiger partial charge < -0.3 is 10.6 Å². The third kappa shape index (κ3) is 2.89. The van der Waals surface area contributed by atoms with Gasteiger partial charge in [0.1, 0.15) is 0 Å². The van der Waals surface area contributed by atoms with E-state index in [1.165, 1.54) is 5.56 Å². The number of rotatable bonds is 2. The lowest BCUT2D eigenvalue weighted by molar-refractivity contribution is 0.0781. The van der Waals surface area contributed by atoms with Crippen molar-refractivity contribution in [1.82, 2.24) is 9.88 Å². The molecule has 5 rings (SSSR count). The summed E-state index contributed by atoms with van der Waals surface area (Å²) in [5.41, 5.74) is 11.0. The van der Waals surface area contributed by atoms with Gasteiger partial charge in [0, 0.05) is 30.1 Å². The van der Waals surface area contributed by atoms with Gasteiger partial charge in [-0.2, -0.15) is 0 Å². The van der Waals surface area contributed by atoms with Gasteiger partial charge in [-0.1, -0.05) is 48.0 Å². The molecule has 28 heavy (non-hydrogen) atoms. The van der Waals surface area contributed by atoms with Gasteiger partial charge in [0.15, 0.2) is 0 Å². The highest BCUT2D eigenvalue weighted by molar-refractivity contribution is 6.07. The number of aryl methyl sites for hydroxylation is 1. The SMILES string of the molecule is Cc1ccc(-c2cc(C(=O)N3CC4CCC(N)C4C3)c3ccccc3n2)cc1. The van der Waals surface area contributed by atoms with Crippen LogP contribution < -0.4 is 5.73 Å². The van der Waals surface area contributed by atoms with Gasteiger partial charge in [-0.05, 0) is 43.7 Å². The summed E-state index contributed by atoms with van der Waals surface area (Å²) in [6.07, 6.45) is 2.23. The highest BCUT2D eigenvalue weighted by atomic mass is 16.2. The zero-order valence-corrected chi connectivity index (χ0v) is 16.1. The first-order valence-corrected chi connectivity index (χ1v) is 10.1. The smallest absolute Gasteiger partial charge is 0.254 e. The van der Waals surface area contributed by atoms with Crippen molar-refractivity contribution in [3.63, 3.8) is 0 Å². The monoisotopic (exact) mass is 371 g/mol. The minimum Gasteiger partial charge on any atom is -0.338 e. The maximum absolute atomic E-state index is 13.5. The largest absolute Gasteiger partial charge is 0.338 e. The van der Waals surface area contributed by atoms with Gasteiger partial charge in [0.05, 0.1) is 16.8 Å². The number of nitrogens with zero attached hydrogens (tertiary/aromatic N) is 2. The van der Waals surface area contributed by atoms with E-state index >= 15 is 0 Å². The van der Waals surface area contributed by atoms with Crippen LogP contribution in [0.4, 0.5) is 0 Å². The standard InChI is InChI=1S/C24H25N3O/c1-15-6-8-16(9-7-15)23-12-19(18-4-2-3-5-22(18)26-23)24(28)27-13-17-10-11-21(25)20(17)14-27/h2-9,12,17,20-21H,10-11,13-14,25H2,1H3. The second-order valence-corrected chi connectivity index (χ2v) is 8.31. The Bertz CT molecular complexity index is 1040. The minimum atomic E-state index is 0.105. The Morgan fingerprint density at radius 2 is 1.86 bits per heavy atom. The number of aromatic nitrogens is 1. The van der Waals surface area contributed by atoms with E-state index in [0.717, 1.165) is 53.7 Å². The highest BCUT2D eigenvalue weighted by Gasteiger charge is 2.42. The molecule has 1 aromatic heterocycles. The van der Waals surface area contributed by atoms with Crippen LogP contribution >= 0.6 is 0 Å². The molecule has 3 unspecified atom stereocenters. The summed E-state index contributed by atoms with van der Waals surface area (Å²) >= 11 is 0. The molecule has 1 amide bonds. The molecule has 2 heterocycles. The number of amides is 1. The van der Waals surface area contributed by atoms with Crippen molar-refractivity contribution in [2.45, 2.75) is 25.8 Å². The summed E-state index contributed by atoms with van der Waals surface area (Å²) in [5, 5.41) is 0.921. The van der Waals surface area contributed by atoms with E-state index in [2.05, 4.69) is 31.2 Å². The van der Waals surface area contributed by atoms with Gasteiger partial charge >= 0.3 is 0 Å². The molecule has 2 N–H and O–H groups in total. The number of hydrogen-bond acceptors (Lipinski definition) is 3. The van der Waals surface area contributed by atoms with Crippen LogP contribution in [0.25, 0.3) is 22.2 Å². The summed E-state index contributed by atoms with van der Waals surface area (Å²) in [4.78, 5) is 20.3. The van der Waals surface area contributed by atoms with Crippen LogP contribution in [-0.2, 0) is 0 Å². The molecule has 2 fully saturated rings. The summed E-state index contributed by atoms with van der Waals surface area (Å²) < 4.78 is 0. The van der Waals surface area contributed by atoms with Crippen molar-refractivity contribution in [3.8, 4) is 11.3 Å². The summed E-state index contributed by atoms with van der Waals surface area (Å²) in [6, 6.07) is 18.4. The number of hydrogen-bond donors (Lipinski definition) is 1. The molecule has 0 bridgehead atoms. The summed E-state index contributed by atoms with van der Waals surface area (Å²) in [6.45, 7) is 3.68. The van der Waals surface area contributed by atoms with Gasteiger partial charge in [-0.3, -0.25) is 4.79 Å². The zero-order chi connectivity index (χ0) is 19.3. The van der Waals surface area contributed by atoms with Crippen molar-refractivity contribution in [2.75, 3.05) is 13.1 Å². The van der Waals surface area contributed by atoms with Crippen molar-refractivity contribution in [1.29, 1.82) is 0 Å². The Balaban J connectivity index is 1.56. The van der Waals surface area contributed by atoms with Crippen LogP contribution in [0.2, 0.25) is 0 Å². The first-order valence-electron chi connectivity index (χ1n) is 10.1. The fraction of sp³-hybridized carbons (Fsp3) is 0.333. The van der Waals surface area contributed by atoms with Crippen molar-refractivity contribution < 1.29 is 4.79 Å².